The number of hydrogen-bond donors (Lipinski definition) is 1. The first-order valence-corrected chi connectivity index (χ1v) is 14.1. The zero-order chi connectivity index (χ0) is 26.3. The molecule has 0 fully saturated rings. The molecule has 0 saturated carbocycles. The highest BCUT2D eigenvalue weighted by molar-refractivity contribution is 14.1. The van der Waals surface area contributed by atoms with Crippen molar-refractivity contribution in [1.82, 2.24) is 38.7 Å². The van der Waals surface area contributed by atoms with Gasteiger partial charge in [0.05, 0.1) is 12.3 Å². The number of fused-ring (bicyclic) bond motifs is 2. The molecule has 0 saturated heterocycles. The molecule has 5 rings (SSSR count). The summed E-state index contributed by atoms with van der Waals surface area (Å²) >= 11 is 3.66. The van der Waals surface area contributed by atoms with E-state index in [4.69, 9.17) is 4.98 Å². The van der Waals surface area contributed by atoms with Crippen molar-refractivity contribution in [3.8, 4) is 0 Å². The first kappa shape index (κ1) is 25.6. The minimum atomic E-state index is -0.480. The molecule has 0 unspecified atom stereocenters. The second-order valence-electron chi connectivity index (χ2n) is 8.99. The van der Waals surface area contributed by atoms with E-state index in [2.05, 4.69) is 56.5 Å². The van der Waals surface area contributed by atoms with Gasteiger partial charge in [-0.25, -0.2) is 19.3 Å². The van der Waals surface area contributed by atoms with Gasteiger partial charge >= 0.3 is 5.69 Å². The summed E-state index contributed by atoms with van der Waals surface area (Å²) in [4.78, 5) is 41.8. The number of rotatable bonds is 8. The number of H-pyrrole nitrogens is 1. The van der Waals surface area contributed by atoms with Gasteiger partial charge in [-0.2, -0.15) is 4.98 Å². The molecule has 4 heterocycles. The third-order valence-corrected chi connectivity index (χ3v) is 8.05. The van der Waals surface area contributed by atoms with Crippen molar-refractivity contribution in [3.63, 3.8) is 0 Å². The van der Waals surface area contributed by atoms with Crippen molar-refractivity contribution in [2.75, 3.05) is 0 Å². The summed E-state index contributed by atoms with van der Waals surface area (Å²) in [6, 6.07) is 7.89. The first-order chi connectivity index (χ1) is 17.8. The molecule has 0 spiro atoms. The number of unbranched alkanes of at least 4 members (excludes halogenated alkanes) is 1. The molecule has 1 N–H and O–H groups in total. The number of aryl methyl sites for hydroxylation is 3. The molecule has 0 aliphatic heterocycles. The Morgan fingerprint density at radius 3 is 2.57 bits per heavy atom. The third-order valence-electron chi connectivity index (χ3n) is 6.50. The van der Waals surface area contributed by atoms with Gasteiger partial charge in [0.25, 0.3) is 11.3 Å². The molecule has 0 radical (unpaired) electrons. The van der Waals surface area contributed by atoms with E-state index in [1.807, 2.05) is 31.2 Å². The zero-order valence-corrected chi connectivity index (χ0v) is 24.1. The van der Waals surface area contributed by atoms with Crippen LogP contribution in [0.5, 0.6) is 0 Å². The highest BCUT2D eigenvalue weighted by Crippen LogP contribution is 2.23. The van der Waals surface area contributed by atoms with Crippen LogP contribution in [0.3, 0.4) is 0 Å². The monoisotopic (exact) mass is 630 g/mol. The predicted octanol–water partition coefficient (Wildman–Crippen LogP) is 3.77. The number of imidazole rings is 1. The van der Waals surface area contributed by atoms with Gasteiger partial charge in [-0.1, -0.05) is 37.2 Å². The fourth-order valence-corrected chi connectivity index (χ4v) is 5.60. The van der Waals surface area contributed by atoms with E-state index in [0.717, 1.165) is 39.8 Å². The van der Waals surface area contributed by atoms with E-state index in [1.54, 1.807) is 16.1 Å². The summed E-state index contributed by atoms with van der Waals surface area (Å²) in [5.74, 6) is 1.65. The van der Waals surface area contributed by atoms with Gasteiger partial charge in [0.15, 0.2) is 11.2 Å². The van der Waals surface area contributed by atoms with Crippen LogP contribution in [0.2, 0.25) is 0 Å². The highest BCUT2D eigenvalue weighted by Gasteiger charge is 2.19. The van der Waals surface area contributed by atoms with E-state index < -0.39 is 11.2 Å². The number of benzene rings is 1. The maximum atomic E-state index is 12.7. The summed E-state index contributed by atoms with van der Waals surface area (Å²) in [6.45, 7) is 6.56. The molecule has 1 aromatic carbocycles. The third kappa shape index (κ3) is 4.96. The van der Waals surface area contributed by atoms with Gasteiger partial charge in [0.1, 0.15) is 5.82 Å². The second kappa shape index (κ2) is 10.4. The Hall–Kier alpha value is -3.00. The number of aromatic nitrogens is 8. The average Bonchev–Trinajstić information content (AvgIpc) is 3.42. The van der Waals surface area contributed by atoms with Crippen molar-refractivity contribution in [3.05, 3.63) is 77.0 Å². The summed E-state index contributed by atoms with van der Waals surface area (Å²) in [7, 11) is 1.78. The molecule has 192 valence electrons. The Balaban J connectivity index is 1.46. The SMILES string of the molecule is CCCCc1c(C)nc2nc(SCc3nc4c(c(=O)[nH]c(=O)n4Cc4ccc(I)cc4)n3C)nn2c1C. The smallest absolute Gasteiger partial charge is 0.325 e. The molecular formula is C25H27IN8O2S. The Morgan fingerprint density at radius 2 is 1.84 bits per heavy atom. The molecule has 0 aliphatic rings. The van der Waals surface area contributed by atoms with Crippen molar-refractivity contribution in [2.45, 2.75) is 57.5 Å². The van der Waals surface area contributed by atoms with E-state index >= 15 is 0 Å². The quantitative estimate of drug-likeness (QED) is 0.205. The fourth-order valence-electron chi connectivity index (χ4n) is 4.44. The second-order valence-corrected chi connectivity index (χ2v) is 11.2. The van der Waals surface area contributed by atoms with Crippen LogP contribution in [0.15, 0.2) is 39.0 Å². The molecule has 0 aliphatic carbocycles. The maximum absolute atomic E-state index is 12.7. The summed E-state index contributed by atoms with van der Waals surface area (Å²) in [5.41, 5.74) is 4.00. The van der Waals surface area contributed by atoms with Crippen molar-refractivity contribution >= 4 is 51.3 Å². The Labute approximate surface area is 230 Å². The molecule has 5 aromatic rings. The Kier molecular flexibility index (Phi) is 7.21. The van der Waals surface area contributed by atoms with Gasteiger partial charge < -0.3 is 4.57 Å². The van der Waals surface area contributed by atoms with Crippen LogP contribution in [-0.2, 0) is 25.8 Å². The number of nitrogens with zero attached hydrogens (tertiary/aromatic N) is 7. The fraction of sp³-hybridized carbons (Fsp3) is 0.360. The van der Waals surface area contributed by atoms with Crippen LogP contribution >= 0.6 is 34.4 Å². The van der Waals surface area contributed by atoms with E-state index in [9.17, 15) is 9.59 Å². The number of halogens is 1. The molecule has 37 heavy (non-hydrogen) atoms. The van der Waals surface area contributed by atoms with Crippen molar-refractivity contribution in [2.24, 2.45) is 7.05 Å². The number of hydrogen-bond acceptors (Lipinski definition) is 7. The van der Waals surface area contributed by atoms with Crippen LogP contribution in [0.25, 0.3) is 16.9 Å². The summed E-state index contributed by atoms with van der Waals surface area (Å²) in [6.07, 6.45) is 3.19. The largest absolute Gasteiger partial charge is 0.330 e. The lowest BCUT2D eigenvalue weighted by atomic mass is 10.1. The lowest BCUT2D eigenvalue weighted by Crippen LogP contribution is -2.31. The molecule has 0 atom stereocenters. The Morgan fingerprint density at radius 1 is 1.08 bits per heavy atom. The minimum Gasteiger partial charge on any atom is -0.325 e. The zero-order valence-electron chi connectivity index (χ0n) is 21.1. The molecule has 12 heteroatoms. The maximum Gasteiger partial charge on any atom is 0.330 e. The van der Waals surface area contributed by atoms with Gasteiger partial charge in [0, 0.05) is 22.0 Å². The lowest BCUT2D eigenvalue weighted by molar-refractivity contribution is 0.747. The molecule has 4 aromatic heterocycles. The topological polar surface area (TPSA) is 116 Å². The number of aromatic amines is 1. The number of nitrogens with one attached hydrogen (secondary N) is 1. The van der Waals surface area contributed by atoms with Gasteiger partial charge in [-0.3, -0.25) is 14.3 Å². The van der Waals surface area contributed by atoms with Crippen molar-refractivity contribution in [1.29, 1.82) is 0 Å². The molecule has 0 bridgehead atoms. The van der Waals surface area contributed by atoms with Crippen LogP contribution < -0.4 is 11.2 Å². The van der Waals surface area contributed by atoms with Crippen LogP contribution in [-0.4, -0.2) is 38.7 Å². The molecular weight excluding hydrogens is 603 g/mol. The first-order valence-electron chi connectivity index (χ1n) is 12.0. The minimum absolute atomic E-state index is 0.311. The highest BCUT2D eigenvalue weighted by atomic mass is 127. The average molecular weight is 631 g/mol. The van der Waals surface area contributed by atoms with Crippen molar-refractivity contribution < 1.29 is 0 Å². The van der Waals surface area contributed by atoms with E-state index in [0.29, 0.717) is 40.2 Å². The van der Waals surface area contributed by atoms with Crippen LogP contribution in [0.1, 0.15) is 48.1 Å². The van der Waals surface area contributed by atoms with E-state index in [-0.39, 0.29) is 0 Å². The van der Waals surface area contributed by atoms with E-state index in [1.165, 1.54) is 21.9 Å². The normalized spacial score (nSPS) is 11.7. The molecule has 10 nitrogen and oxygen atoms in total. The van der Waals surface area contributed by atoms with Gasteiger partial charge in [0.2, 0.25) is 5.16 Å². The summed E-state index contributed by atoms with van der Waals surface area (Å²) < 4.78 is 6.15. The van der Waals surface area contributed by atoms with Gasteiger partial charge in [-0.05, 0) is 72.5 Å². The Bertz CT molecular complexity index is 1730. The standard InChI is InChI=1S/C25H27IN8O2S/c1-5-6-7-18-14(2)27-23-30-24(31-34(23)15(18)3)37-13-19-28-21-20(32(19)4)22(35)29-25(36)33(21)12-16-8-10-17(26)11-9-16/h8-11H,5-7,12-13H2,1-4H3,(H,29,35,36). The van der Waals surface area contributed by atoms with Crippen LogP contribution in [0, 0.1) is 17.4 Å². The lowest BCUT2D eigenvalue weighted by Gasteiger charge is -2.09. The molecule has 0 amide bonds. The van der Waals surface area contributed by atoms with Gasteiger partial charge in [-0.15, -0.1) is 5.10 Å². The number of thioether (sulfide) groups is 1. The summed E-state index contributed by atoms with van der Waals surface area (Å²) in [5, 5.41) is 5.26. The predicted molar refractivity (Wildman–Crippen MR) is 152 cm³/mol. The van der Waals surface area contributed by atoms with Crippen LogP contribution in [0.4, 0.5) is 0 Å².